The van der Waals surface area contributed by atoms with Gasteiger partial charge in [0.1, 0.15) is 5.82 Å². The topological polar surface area (TPSA) is 34.1 Å². The van der Waals surface area contributed by atoms with Crippen molar-refractivity contribution >= 4 is 5.82 Å². The molecule has 0 unspecified atom stereocenters. The van der Waals surface area contributed by atoms with Crippen LogP contribution in [0.3, 0.4) is 0 Å². The van der Waals surface area contributed by atoms with Crippen LogP contribution >= 0.6 is 0 Å². The summed E-state index contributed by atoms with van der Waals surface area (Å²) in [6.45, 7) is 5.50. The van der Waals surface area contributed by atoms with E-state index in [1.165, 1.54) is 19.3 Å². The molecule has 0 aromatic carbocycles. The fourth-order valence-electron chi connectivity index (χ4n) is 1.52. The van der Waals surface area contributed by atoms with Gasteiger partial charge in [-0.05, 0) is 18.4 Å². The average Bonchev–Trinajstić information content (AvgIpc) is 2.28. The van der Waals surface area contributed by atoms with Crippen LogP contribution in [0.2, 0.25) is 0 Å². The minimum Gasteiger partial charge on any atom is -0.481 e. The van der Waals surface area contributed by atoms with Crippen LogP contribution in [0, 0.1) is 5.92 Å². The Morgan fingerprint density at radius 1 is 1.31 bits per heavy atom. The van der Waals surface area contributed by atoms with Crippen LogP contribution in [-0.2, 0) is 0 Å². The van der Waals surface area contributed by atoms with Gasteiger partial charge in [-0.15, -0.1) is 0 Å². The molecule has 0 fully saturated rings. The van der Waals surface area contributed by atoms with Crippen molar-refractivity contribution in [2.24, 2.45) is 5.92 Å². The van der Waals surface area contributed by atoms with E-state index in [-0.39, 0.29) is 0 Å². The predicted octanol–water partition coefficient (Wildman–Crippen LogP) is 3.33. The molecule has 0 bridgehead atoms. The number of anilines is 1. The van der Waals surface area contributed by atoms with Crippen LogP contribution in [-0.4, -0.2) is 18.6 Å². The van der Waals surface area contributed by atoms with Gasteiger partial charge < -0.3 is 10.1 Å². The summed E-state index contributed by atoms with van der Waals surface area (Å²) in [5.41, 5.74) is 0. The van der Waals surface area contributed by atoms with Gasteiger partial charge in [0, 0.05) is 12.6 Å². The Balaban J connectivity index is 2.21. The molecule has 0 aliphatic heterocycles. The lowest BCUT2D eigenvalue weighted by atomic mass is 10.1. The summed E-state index contributed by atoms with van der Waals surface area (Å²) < 4.78 is 5.06. The van der Waals surface area contributed by atoms with Crippen molar-refractivity contribution in [1.29, 1.82) is 0 Å². The number of methoxy groups -OCH3 is 1. The standard InChI is InChI=1S/C13H22N2O/c1-11(2)7-4-5-10-14-12-8-6-9-13(15-12)16-3/h6,8-9,11H,4-5,7,10H2,1-3H3,(H,14,15). The number of unbranched alkanes of at least 4 members (excludes halogenated alkanes) is 1. The summed E-state index contributed by atoms with van der Waals surface area (Å²) in [5.74, 6) is 2.35. The van der Waals surface area contributed by atoms with E-state index in [0.717, 1.165) is 18.3 Å². The maximum absolute atomic E-state index is 5.06. The number of ether oxygens (including phenoxy) is 1. The highest BCUT2D eigenvalue weighted by Crippen LogP contribution is 2.11. The second-order valence-electron chi connectivity index (χ2n) is 4.38. The molecule has 3 heteroatoms. The SMILES string of the molecule is COc1cccc(NCCCCC(C)C)n1. The van der Waals surface area contributed by atoms with Crippen LogP contribution < -0.4 is 10.1 Å². The molecule has 0 radical (unpaired) electrons. The Morgan fingerprint density at radius 3 is 2.81 bits per heavy atom. The van der Waals surface area contributed by atoms with Crippen molar-refractivity contribution in [3.8, 4) is 5.88 Å². The van der Waals surface area contributed by atoms with Gasteiger partial charge >= 0.3 is 0 Å². The summed E-state index contributed by atoms with van der Waals surface area (Å²) in [6.07, 6.45) is 3.76. The summed E-state index contributed by atoms with van der Waals surface area (Å²) in [7, 11) is 1.63. The molecule has 1 N–H and O–H groups in total. The number of nitrogens with zero attached hydrogens (tertiary/aromatic N) is 1. The van der Waals surface area contributed by atoms with Crippen molar-refractivity contribution in [3.05, 3.63) is 18.2 Å². The molecule has 1 rings (SSSR count). The monoisotopic (exact) mass is 222 g/mol. The van der Waals surface area contributed by atoms with E-state index < -0.39 is 0 Å². The van der Waals surface area contributed by atoms with Crippen molar-refractivity contribution in [3.63, 3.8) is 0 Å². The second kappa shape index (κ2) is 7.09. The Kier molecular flexibility index (Phi) is 5.68. The van der Waals surface area contributed by atoms with E-state index >= 15 is 0 Å². The summed E-state index contributed by atoms with van der Waals surface area (Å²) >= 11 is 0. The Labute approximate surface area is 98.2 Å². The third-order valence-electron chi connectivity index (χ3n) is 2.45. The maximum atomic E-state index is 5.06. The molecule has 1 heterocycles. The van der Waals surface area contributed by atoms with Crippen LogP contribution in [0.1, 0.15) is 33.1 Å². The zero-order chi connectivity index (χ0) is 11.8. The highest BCUT2D eigenvalue weighted by atomic mass is 16.5. The molecular formula is C13H22N2O. The Hall–Kier alpha value is -1.25. The van der Waals surface area contributed by atoms with Crippen molar-refractivity contribution < 1.29 is 4.74 Å². The molecule has 3 nitrogen and oxygen atoms in total. The number of aromatic nitrogens is 1. The van der Waals surface area contributed by atoms with Gasteiger partial charge in [0.2, 0.25) is 5.88 Å². The predicted molar refractivity (Wildman–Crippen MR) is 68.0 cm³/mol. The molecule has 16 heavy (non-hydrogen) atoms. The molecule has 0 amide bonds. The van der Waals surface area contributed by atoms with Gasteiger partial charge in [0.25, 0.3) is 0 Å². The molecule has 0 aliphatic rings. The van der Waals surface area contributed by atoms with Crippen LogP contribution in [0.25, 0.3) is 0 Å². The summed E-state index contributed by atoms with van der Waals surface area (Å²) in [6, 6.07) is 5.76. The molecule has 0 aliphatic carbocycles. The van der Waals surface area contributed by atoms with Crippen LogP contribution in [0.5, 0.6) is 5.88 Å². The minimum atomic E-state index is 0.659. The summed E-state index contributed by atoms with van der Waals surface area (Å²) in [4.78, 5) is 4.29. The number of hydrogen-bond acceptors (Lipinski definition) is 3. The first-order valence-corrected chi connectivity index (χ1v) is 5.97. The van der Waals surface area contributed by atoms with Crippen molar-refractivity contribution in [2.45, 2.75) is 33.1 Å². The first-order chi connectivity index (χ1) is 7.72. The van der Waals surface area contributed by atoms with Gasteiger partial charge in [-0.25, -0.2) is 0 Å². The van der Waals surface area contributed by atoms with E-state index in [9.17, 15) is 0 Å². The average molecular weight is 222 g/mol. The fraction of sp³-hybridized carbons (Fsp3) is 0.615. The van der Waals surface area contributed by atoms with Gasteiger partial charge in [0.05, 0.1) is 7.11 Å². The fourth-order valence-corrected chi connectivity index (χ4v) is 1.52. The van der Waals surface area contributed by atoms with E-state index in [1.807, 2.05) is 18.2 Å². The van der Waals surface area contributed by atoms with E-state index in [1.54, 1.807) is 7.11 Å². The van der Waals surface area contributed by atoms with Gasteiger partial charge in [-0.2, -0.15) is 4.98 Å². The zero-order valence-corrected chi connectivity index (χ0v) is 10.5. The molecule has 0 spiro atoms. The second-order valence-corrected chi connectivity index (χ2v) is 4.38. The summed E-state index contributed by atoms with van der Waals surface area (Å²) in [5, 5.41) is 3.30. The Bertz CT molecular complexity index is 300. The largest absolute Gasteiger partial charge is 0.481 e. The van der Waals surface area contributed by atoms with Gasteiger partial charge in [0.15, 0.2) is 0 Å². The molecule has 1 aromatic rings. The van der Waals surface area contributed by atoms with E-state index in [4.69, 9.17) is 4.74 Å². The van der Waals surface area contributed by atoms with Crippen LogP contribution in [0.4, 0.5) is 5.82 Å². The Morgan fingerprint density at radius 2 is 2.12 bits per heavy atom. The molecular weight excluding hydrogens is 200 g/mol. The number of nitrogens with one attached hydrogen (secondary N) is 1. The third-order valence-corrected chi connectivity index (χ3v) is 2.45. The number of pyridine rings is 1. The first-order valence-electron chi connectivity index (χ1n) is 5.97. The van der Waals surface area contributed by atoms with E-state index in [2.05, 4.69) is 24.1 Å². The minimum absolute atomic E-state index is 0.659. The molecule has 1 aromatic heterocycles. The highest BCUT2D eigenvalue weighted by molar-refractivity contribution is 5.36. The normalized spacial score (nSPS) is 10.5. The smallest absolute Gasteiger partial charge is 0.214 e. The lowest BCUT2D eigenvalue weighted by Crippen LogP contribution is -2.04. The van der Waals surface area contributed by atoms with Crippen molar-refractivity contribution in [1.82, 2.24) is 4.98 Å². The van der Waals surface area contributed by atoms with Crippen molar-refractivity contribution in [2.75, 3.05) is 19.0 Å². The lowest BCUT2D eigenvalue weighted by molar-refractivity contribution is 0.398. The lowest BCUT2D eigenvalue weighted by Gasteiger charge is -2.07. The molecule has 0 saturated heterocycles. The quantitative estimate of drug-likeness (QED) is 0.718. The molecule has 0 atom stereocenters. The van der Waals surface area contributed by atoms with E-state index in [0.29, 0.717) is 5.88 Å². The maximum Gasteiger partial charge on any atom is 0.214 e. The number of rotatable bonds is 7. The number of hydrogen-bond donors (Lipinski definition) is 1. The highest BCUT2D eigenvalue weighted by Gasteiger charge is 1.97. The third kappa shape index (κ3) is 5.01. The zero-order valence-electron chi connectivity index (χ0n) is 10.5. The van der Waals surface area contributed by atoms with Gasteiger partial charge in [-0.1, -0.05) is 32.8 Å². The molecule has 0 saturated carbocycles. The van der Waals surface area contributed by atoms with Crippen LogP contribution in [0.15, 0.2) is 18.2 Å². The van der Waals surface area contributed by atoms with Gasteiger partial charge in [-0.3, -0.25) is 0 Å². The molecule has 90 valence electrons. The first kappa shape index (κ1) is 12.8.